The lowest BCUT2D eigenvalue weighted by Gasteiger charge is -2.23. The largest absolute Gasteiger partial charge is 0.372 e. The van der Waals surface area contributed by atoms with Gasteiger partial charge in [0.1, 0.15) is 0 Å². The molecule has 1 aromatic carbocycles. The van der Waals surface area contributed by atoms with Crippen LogP contribution < -0.4 is 0 Å². The number of ether oxygens (including phenoxy) is 1. The summed E-state index contributed by atoms with van der Waals surface area (Å²) < 4.78 is 5.93. The van der Waals surface area contributed by atoms with Crippen LogP contribution in [0.1, 0.15) is 31.9 Å². The van der Waals surface area contributed by atoms with Crippen molar-refractivity contribution in [3.05, 3.63) is 35.9 Å². The van der Waals surface area contributed by atoms with Crippen LogP contribution in [0.4, 0.5) is 0 Å². The Balaban J connectivity index is 1.99. The second-order valence-corrected chi connectivity index (χ2v) is 4.69. The van der Waals surface area contributed by atoms with Gasteiger partial charge < -0.3 is 4.74 Å². The highest BCUT2D eigenvalue weighted by Crippen LogP contribution is 2.23. The van der Waals surface area contributed by atoms with Gasteiger partial charge in [0.2, 0.25) is 0 Å². The molecule has 1 aromatic rings. The maximum Gasteiger partial charge on any atom is 0.0837 e. The monoisotopic (exact) mass is 219 g/mol. The second kappa shape index (κ2) is 5.46. The third kappa shape index (κ3) is 2.83. The minimum Gasteiger partial charge on any atom is -0.372 e. The zero-order valence-electron chi connectivity index (χ0n) is 10.2. The maximum absolute atomic E-state index is 5.93. The van der Waals surface area contributed by atoms with E-state index in [1.807, 2.05) is 0 Å². The van der Waals surface area contributed by atoms with E-state index >= 15 is 0 Å². The van der Waals surface area contributed by atoms with Gasteiger partial charge in [0, 0.05) is 19.1 Å². The third-order valence-corrected chi connectivity index (χ3v) is 3.28. The Kier molecular flexibility index (Phi) is 3.97. The van der Waals surface area contributed by atoms with Gasteiger partial charge in [-0.2, -0.15) is 0 Å². The molecule has 0 saturated carbocycles. The summed E-state index contributed by atoms with van der Waals surface area (Å²) in [6.45, 7) is 7.54. The van der Waals surface area contributed by atoms with Gasteiger partial charge in [-0.3, -0.25) is 4.90 Å². The minimum atomic E-state index is 0.282. The van der Waals surface area contributed by atoms with Crippen molar-refractivity contribution < 1.29 is 4.74 Å². The summed E-state index contributed by atoms with van der Waals surface area (Å²) in [6.07, 6.45) is 1.38. The lowest BCUT2D eigenvalue weighted by atomic mass is 10.1. The number of hydrogen-bond donors (Lipinski definition) is 0. The smallest absolute Gasteiger partial charge is 0.0837 e. The van der Waals surface area contributed by atoms with Crippen LogP contribution in [0, 0.1) is 0 Å². The second-order valence-electron chi connectivity index (χ2n) is 4.69. The van der Waals surface area contributed by atoms with E-state index in [9.17, 15) is 0 Å². The van der Waals surface area contributed by atoms with Crippen LogP contribution in [0.15, 0.2) is 30.3 Å². The topological polar surface area (TPSA) is 12.5 Å². The molecule has 2 heteroatoms. The summed E-state index contributed by atoms with van der Waals surface area (Å²) in [7, 11) is 0. The average Bonchev–Trinajstić information content (AvgIpc) is 2.55. The van der Waals surface area contributed by atoms with E-state index in [0.717, 1.165) is 26.1 Å². The van der Waals surface area contributed by atoms with Gasteiger partial charge in [0.25, 0.3) is 0 Å². The first-order chi connectivity index (χ1) is 7.77. The Bertz CT molecular complexity index is 310. The zero-order chi connectivity index (χ0) is 11.4. The van der Waals surface area contributed by atoms with Crippen molar-refractivity contribution in [3.8, 4) is 0 Å². The van der Waals surface area contributed by atoms with Gasteiger partial charge in [-0.1, -0.05) is 30.3 Å². The lowest BCUT2D eigenvalue weighted by molar-refractivity contribution is 0.0608. The fourth-order valence-corrected chi connectivity index (χ4v) is 2.24. The normalized spacial score (nSPS) is 23.3. The summed E-state index contributed by atoms with van der Waals surface area (Å²) in [5.41, 5.74) is 1.31. The SMILES string of the molecule is CC(C)N1CCOC(c2ccccc2)CC1. The molecule has 0 aromatic heterocycles. The van der Waals surface area contributed by atoms with Crippen molar-refractivity contribution >= 4 is 0 Å². The van der Waals surface area contributed by atoms with Crippen LogP contribution in [-0.2, 0) is 4.74 Å². The van der Waals surface area contributed by atoms with Crippen molar-refractivity contribution in [1.29, 1.82) is 0 Å². The molecule has 1 heterocycles. The molecule has 0 aliphatic carbocycles. The Morgan fingerprint density at radius 2 is 1.94 bits per heavy atom. The first kappa shape index (κ1) is 11.6. The average molecular weight is 219 g/mol. The number of benzene rings is 1. The third-order valence-electron chi connectivity index (χ3n) is 3.28. The molecule has 2 nitrogen and oxygen atoms in total. The van der Waals surface area contributed by atoms with Crippen molar-refractivity contribution in [1.82, 2.24) is 4.90 Å². The van der Waals surface area contributed by atoms with Crippen molar-refractivity contribution in [2.45, 2.75) is 32.4 Å². The lowest BCUT2D eigenvalue weighted by Crippen LogP contribution is -2.32. The predicted molar refractivity (Wildman–Crippen MR) is 66.5 cm³/mol. The van der Waals surface area contributed by atoms with Gasteiger partial charge in [0.05, 0.1) is 12.7 Å². The first-order valence-corrected chi connectivity index (χ1v) is 6.18. The summed E-state index contributed by atoms with van der Waals surface area (Å²) in [6, 6.07) is 11.2. The molecule has 16 heavy (non-hydrogen) atoms. The Morgan fingerprint density at radius 1 is 1.19 bits per heavy atom. The molecule has 0 N–H and O–H groups in total. The molecule has 1 atom stereocenters. The molecular formula is C14H21NO. The van der Waals surface area contributed by atoms with Gasteiger partial charge in [-0.05, 0) is 25.8 Å². The van der Waals surface area contributed by atoms with Crippen LogP contribution in [0.3, 0.4) is 0 Å². The maximum atomic E-state index is 5.93. The molecule has 0 radical (unpaired) electrons. The van der Waals surface area contributed by atoms with E-state index in [2.05, 4.69) is 49.1 Å². The Hall–Kier alpha value is -0.860. The fourth-order valence-electron chi connectivity index (χ4n) is 2.24. The van der Waals surface area contributed by atoms with E-state index in [4.69, 9.17) is 4.74 Å². The molecular weight excluding hydrogens is 198 g/mol. The molecule has 0 bridgehead atoms. The summed E-state index contributed by atoms with van der Waals surface area (Å²) in [5, 5.41) is 0. The van der Waals surface area contributed by atoms with Gasteiger partial charge in [-0.25, -0.2) is 0 Å². The van der Waals surface area contributed by atoms with Gasteiger partial charge in [-0.15, -0.1) is 0 Å². The van der Waals surface area contributed by atoms with E-state index in [-0.39, 0.29) is 6.10 Å². The molecule has 1 aliphatic heterocycles. The van der Waals surface area contributed by atoms with E-state index in [1.54, 1.807) is 0 Å². The molecule has 1 aliphatic rings. The van der Waals surface area contributed by atoms with Crippen LogP contribution in [0.5, 0.6) is 0 Å². The highest BCUT2D eigenvalue weighted by atomic mass is 16.5. The number of rotatable bonds is 2. The molecule has 1 unspecified atom stereocenters. The quantitative estimate of drug-likeness (QED) is 0.758. The van der Waals surface area contributed by atoms with E-state index in [0.29, 0.717) is 6.04 Å². The van der Waals surface area contributed by atoms with E-state index < -0.39 is 0 Å². The van der Waals surface area contributed by atoms with Crippen LogP contribution in [-0.4, -0.2) is 30.6 Å². The van der Waals surface area contributed by atoms with E-state index in [1.165, 1.54) is 5.56 Å². The Labute approximate surface area is 98.2 Å². The fraction of sp³-hybridized carbons (Fsp3) is 0.571. The minimum absolute atomic E-state index is 0.282. The van der Waals surface area contributed by atoms with Crippen molar-refractivity contribution in [3.63, 3.8) is 0 Å². The van der Waals surface area contributed by atoms with Crippen LogP contribution in [0.2, 0.25) is 0 Å². The predicted octanol–water partition coefficient (Wildman–Crippen LogP) is 2.86. The summed E-state index contributed by atoms with van der Waals surface area (Å²) in [4.78, 5) is 2.49. The van der Waals surface area contributed by atoms with Crippen molar-refractivity contribution in [2.75, 3.05) is 19.7 Å². The first-order valence-electron chi connectivity index (χ1n) is 6.18. The van der Waals surface area contributed by atoms with Gasteiger partial charge >= 0.3 is 0 Å². The summed E-state index contributed by atoms with van der Waals surface area (Å²) in [5.74, 6) is 0. The highest BCUT2D eigenvalue weighted by Gasteiger charge is 2.19. The molecule has 0 spiro atoms. The standard InChI is InChI=1S/C14H21NO/c1-12(2)15-9-8-14(16-11-10-15)13-6-4-3-5-7-13/h3-7,12,14H,8-11H2,1-2H3. The molecule has 1 fully saturated rings. The summed E-state index contributed by atoms with van der Waals surface area (Å²) >= 11 is 0. The zero-order valence-corrected chi connectivity index (χ0v) is 10.2. The molecule has 1 saturated heterocycles. The number of nitrogens with zero attached hydrogens (tertiary/aromatic N) is 1. The van der Waals surface area contributed by atoms with Crippen LogP contribution >= 0.6 is 0 Å². The molecule has 88 valence electrons. The molecule has 0 amide bonds. The highest BCUT2D eigenvalue weighted by molar-refractivity contribution is 5.17. The number of hydrogen-bond acceptors (Lipinski definition) is 2. The van der Waals surface area contributed by atoms with Crippen LogP contribution in [0.25, 0.3) is 0 Å². The molecule has 2 rings (SSSR count). The Morgan fingerprint density at radius 3 is 2.62 bits per heavy atom. The van der Waals surface area contributed by atoms with Crippen molar-refractivity contribution in [2.24, 2.45) is 0 Å². The van der Waals surface area contributed by atoms with Gasteiger partial charge in [0.15, 0.2) is 0 Å².